The third-order valence-corrected chi connectivity index (χ3v) is 3.28. The van der Waals surface area contributed by atoms with Crippen LogP contribution >= 0.6 is 0 Å². The minimum atomic E-state index is 0.484. The lowest BCUT2D eigenvalue weighted by molar-refractivity contribution is 0.0977. The second kappa shape index (κ2) is 2.81. The van der Waals surface area contributed by atoms with Gasteiger partial charge in [0, 0.05) is 11.6 Å². The van der Waals surface area contributed by atoms with E-state index >= 15 is 0 Å². The molecule has 0 amide bonds. The van der Waals surface area contributed by atoms with Crippen LogP contribution in [-0.2, 0) is 0 Å². The van der Waals surface area contributed by atoms with Gasteiger partial charge in [-0.25, -0.2) is 9.67 Å². The lowest BCUT2D eigenvalue weighted by Crippen LogP contribution is -2.34. The minimum Gasteiger partial charge on any atom is -0.244 e. The van der Waals surface area contributed by atoms with E-state index in [0.29, 0.717) is 11.5 Å². The second-order valence-electron chi connectivity index (χ2n) is 5.23. The summed E-state index contributed by atoms with van der Waals surface area (Å²) in [5.41, 5.74) is 1.51. The van der Waals surface area contributed by atoms with Crippen LogP contribution in [0, 0.1) is 5.41 Å². The normalized spacial score (nSPS) is 20.4. The lowest BCUT2D eigenvalue weighted by atomic mass is 9.68. The quantitative estimate of drug-likeness (QED) is 0.710. The molecule has 1 saturated carbocycles. The number of aromatic nitrogens is 3. The third kappa shape index (κ3) is 1.34. The van der Waals surface area contributed by atoms with Gasteiger partial charge in [0.25, 0.3) is 0 Å². The number of fused-ring (bicyclic) bond motifs is 1. The smallest absolute Gasteiger partial charge is 0.157 e. The first kappa shape index (κ1) is 8.89. The van der Waals surface area contributed by atoms with E-state index < -0.39 is 0 Å². The average Bonchev–Trinajstić information content (AvgIpc) is 2.57. The number of pyridine rings is 1. The van der Waals surface area contributed by atoms with E-state index in [2.05, 4.69) is 34.7 Å². The largest absolute Gasteiger partial charge is 0.244 e. The van der Waals surface area contributed by atoms with E-state index in [9.17, 15) is 0 Å². The molecule has 0 atom stereocenters. The number of hydrogen-bond donors (Lipinski definition) is 0. The SMILES string of the molecule is CC1(C)CC(n2ncc3cccnc32)C1. The molecule has 0 N–H and O–H groups in total. The molecule has 15 heavy (non-hydrogen) atoms. The summed E-state index contributed by atoms with van der Waals surface area (Å²) in [6.45, 7) is 4.62. The topological polar surface area (TPSA) is 30.7 Å². The van der Waals surface area contributed by atoms with Crippen LogP contribution in [0.4, 0.5) is 0 Å². The molecule has 3 rings (SSSR count). The van der Waals surface area contributed by atoms with Gasteiger partial charge in [0.15, 0.2) is 5.65 Å². The summed E-state index contributed by atoms with van der Waals surface area (Å²) in [6, 6.07) is 4.57. The Morgan fingerprint density at radius 2 is 2.20 bits per heavy atom. The van der Waals surface area contributed by atoms with Crippen LogP contribution in [0.2, 0.25) is 0 Å². The van der Waals surface area contributed by atoms with Crippen LogP contribution in [0.15, 0.2) is 24.5 Å². The fourth-order valence-corrected chi connectivity index (χ4v) is 2.54. The Balaban J connectivity index is 1.99. The van der Waals surface area contributed by atoms with Crippen LogP contribution in [0.3, 0.4) is 0 Å². The van der Waals surface area contributed by atoms with E-state index in [4.69, 9.17) is 0 Å². The standard InChI is InChI=1S/C12H15N3/c1-12(2)6-10(7-12)15-11-9(8-14-15)4-3-5-13-11/h3-5,8,10H,6-7H2,1-2H3. The van der Waals surface area contributed by atoms with Gasteiger partial charge < -0.3 is 0 Å². The molecule has 0 aromatic carbocycles. The predicted octanol–water partition coefficient (Wildman–Crippen LogP) is 2.79. The summed E-state index contributed by atoms with van der Waals surface area (Å²) in [4.78, 5) is 4.39. The highest BCUT2D eigenvalue weighted by Gasteiger charge is 2.38. The van der Waals surface area contributed by atoms with Crippen molar-refractivity contribution in [2.24, 2.45) is 5.41 Å². The highest BCUT2D eigenvalue weighted by molar-refractivity contribution is 5.74. The van der Waals surface area contributed by atoms with Gasteiger partial charge in [-0.2, -0.15) is 5.10 Å². The maximum absolute atomic E-state index is 4.44. The Morgan fingerprint density at radius 1 is 1.40 bits per heavy atom. The Kier molecular flexibility index (Phi) is 1.67. The van der Waals surface area contributed by atoms with E-state index in [-0.39, 0.29) is 0 Å². The molecular formula is C12H15N3. The molecule has 0 radical (unpaired) electrons. The summed E-state index contributed by atoms with van der Waals surface area (Å²) in [5, 5.41) is 5.58. The third-order valence-electron chi connectivity index (χ3n) is 3.28. The maximum atomic E-state index is 4.44. The molecule has 0 aliphatic heterocycles. The molecule has 1 fully saturated rings. The second-order valence-corrected chi connectivity index (χ2v) is 5.23. The zero-order valence-electron chi connectivity index (χ0n) is 9.14. The zero-order chi connectivity index (χ0) is 10.5. The van der Waals surface area contributed by atoms with Crippen molar-refractivity contribution in [3.8, 4) is 0 Å². The van der Waals surface area contributed by atoms with Crippen molar-refractivity contribution in [2.75, 3.05) is 0 Å². The van der Waals surface area contributed by atoms with Crippen LogP contribution in [0.1, 0.15) is 32.7 Å². The van der Waals surface area contributed by atoms with Gasteiger partial charge in [-0.3, -0.25) is 0 Å². The van der Waals surface area contributed by atoms with E-state index in [0.717, 1.165) is 11.0 Å². The number of hydrogen-bond acceptors (Lipinski definition) is 2. The van der Waals surface area contributed by atoms with Crippen molar-refractivity contribution in [3.63, 3.8) is 0 Å². The fraction of sp³-hybridized carbons (Fsp3) is 0.500. The molecule has 3 heteroatoms. The van der Waals surface area contributed by atoms with Gasteiger partial charge in [0.2, 0.25) is 0 Å². The summed E-state index contributed by atoms with van der Waals surface area (Å²) in [7, 11) is 0. The van der Waals surface area contributed by atoms with Gasteiger partial charge in [-0.05, 0) is 30.4 Å². The first-order chi connectivity index (χ1) is 7.16. The molecule has 78 valence electrons. The van der Waals surface area contributed by atoms with Crippen LogP contribution in [-0.4, -0.2) is 14.8 Å². The summed E-state index contributed by atoms with van der Waals surface area (Å²) in [6.07, 6.45) is 6.17. The minimum absolute atomic E-state index is 0.484. The van der Waals surface area contributed by atoms with E-state index in [1.807, 2.05) is 18.5 Å². The molecule has 2 aromatic heterocycles. The molecule has 2 aromatic rings. The van der Waals surface area contributed by atoms with Crippen LogP contribution < -0.4 is 0 Å². The lowest BCUT2D eigenvalue weighted by Gasteiger charge is -2.42. The summed E-state index contributed by atoms with van der Waals surface area (Å²) in [5.74, 6) is 0. The predicted molar refractivity (Wildman–Crippen MR) is 59.6 cm³/mol. The van der Waals surface area contributed by atoms with Gasteiger partial charge in [0.1, 0.15) is 0 Å². The van der Waals surface area contributed by atoms with Crippen LogP contribution in [0.25, 0.3) is 11.0 Å². The van der Waals surface area contributed by atoms with Crippen molar-refractivity contribution in [2.45, 2.75) is 32.7 Å². The first-order valence-electron chi connectivity index (χ1n) is 5.44. The maximum Gasteiger partial charge on any atom is 0.157 e. The average molecular weight is 201 g/mol. The highest BCUT2D eigenvalue weighted by Crippen LogP contribution is 2.47. The van der Waals surface area contributed by atoms with Crippen molar-refractivity contribution in [1.82, 2.24) is 14.8 Å². The number of rotatable bonds is 1. The molecule has 0 spiro atoms. The Morgan fingerprint density at radius 3 is 2.93 bits per heavy atom. The van der Waals surface area contributed by atoms with E-state index in [1.165, 1.54) is 12.8 Å². The fourth-order valence-electron chi connectivity index (χ4n) is 2.54. The summed E-state index contributed by atoms with van der Waals surface area (Å²) < 4.78 is 2.08. The first-order valence-corrected chi connectivity index (χ1v) is 5.44. The Labute approximate surface area is 89.1 Å². The van der Waals surface area contributed by atoms with Crippen molar-refractivity contribution in [1.29, 1.82) is 0 Å². The van der Waals surface area contributed by atoms with Crippen molar-refractivity contribution < 1.29 is 0 Å². The number of nitrogens with zero attached hydrogens (tertiary/aromatic N) is 3. The molecule has 1 aliphatic rings. The van der Waals surface area contributed by atoms with E-state index in [1.54, 1.807) is 0 Å². The van der Waals surface area contributed by atoms with Gasteiger partial charge in [0.05, 0.1) is 12.2 Å². The molecule has 1 aliphatic carbocycles. The molecule has 2 heterocycles. The Hall–Kier alpha value is -1.38. The van der Waals surface area contributed by atoms with Gasteiger partial charge >= 0.3 is 0 Å². The highest BCUT2D eigenvalue weighted by atomic mass is 15.3. The monoisotopic (exact) mass is 201 g/mol. The van der Waals surface area contributed by atoms with Gasteiger partial charge in [-0.15, -0.1) is 0 Å². The molecular weight excluding hydrogens is 186 g/mol. The van der Waals surface area contributed by atoms with Crippen LogP contribution in [0.5, 0.6) is 0 Å². The molecule has 0 saturated heterocycles. The molecule has 0 bridgehead atoms. The molecule has 0 unspecified atom stereocenters. The summed E-state index contributed by atoms with van der Waals surface area (Å²) >= 11 is 0. The van der Waals surface area contributed by atoms with Crippen molar-refractivity contribution >= 4 is 11.0 Å². The Bertz CT molecular complexity index is 490. The molecule has 3 nitrogen and oxygen atoms in total. The van der Waals surface area contributed by atoms with Crippen molar-refractivity contribution in [3.05, 3.63) is 24.5 Å². The zero-order valence-corrected chi connectivity index (χ0v) is 9.14. The van der Waals surface area contributed by atoms with Gasteiger partial charge in [-0.1, -0.05) is 13.8 Å².